The average molecular weight is 379 g/mol. The molecule has 0 fully saturated rings. The van der Waals surface area contributed by atoms with E-state index in [9.17, 15) is 0 Å². The minimum Gasteiger partial charge on any atom is -0.0651 e. The summed E-state index contributed by atoms with van der Waals surface area (Å²) in [6.07, 6.45) is 4.76. The van der Waals surface area contributed by atoms with Crippen molar-refractivity contribution in [1.29, 1.82) is 0 Å². The van der Waals surface area contributed by atoms with E-state index in [1.54, 1.807) is 0 Å². The molecule has 0 heterocycles. The molecule has 2 aromatic carbocycles. The lowest BCUT2D eigenvalue weighted by Gasteiger charge is -2.37. The molecular formula is C28H42. The van der Waals surface area contributed by atoms with Gasteiger partial charge in [-0.1, -0.05) is 110 Å². The summed E-state index contributed by atoms with van der Waals surface area (Å²) in [7, 11) is 0. The maximum absolute atomic E-state index is 2.50. The normalized spacial score (nSPS) is 16.4. The predicted molar refractivity (Wildman–Crippen MR) is 125 cm³/mol. The van der Waals surface area contributed by atoms with E-state index < -0.39 is 0 Å². The van der Waals surface area contributed by atoms with E-state index in [2.05, 4.69) is 104 Å². The van der Waals surface area contributed by atoms with Gasteiger partial charge in [-0.15, -0.1) is 0 Å². The van der Waals surface area contributed by atoms with Crippen LogP contribution in [0, 0.1) is 5.92 Å². The predicted octanol–water partition coefficient (Wildman–Crippen LogP) is 8.63. The molecule has 154 valence electrons. The van der Waals surface area contributed by atoms with Crippen molar-refractivity contribution in [3.8, 4) is 0 Å². The lowest BCUT2D eigenvalue weighted by atomic mass is 9.66. The Morgan fingerprint density at radius 3 is 1.86 bits per heavy atom. The lowest BCUT2D eigenvalue weighted by Crippen LogP contribution is -2.30. The molecule has 2 rings (SSSR count). The van der Waals surface area contributed by atoms with E-state index >= 15 is 0 Å². The van der Waals surface area contributed by atoms with Crippen LogP contribution in [0.4, 0.5) is 0 Å². The third-order valence-electron chi connectivity index (χ3n) is 6.92. The van der Waals surface area contributed by atoms with Gasteiger partial charge >= 0.3 is 0 Å². The zero-order valence-corrected chi connectivity index (χ0v) is 19.6. The van der Waals surface area contributed by atoms with Crippen molar-refractivity contribution >= 4 is 0 Å². The van der Waals surface area contributed by atoms with Crippen LogP contribution < -0.4 is 0 Å². The molecule has 0 amide bonds. The van der Waals surface area contributed by atoms with Crippen molar-refractivity contribution in [2.45, 2.75) is 97.8 Å². The zero-order chi connectivity index (χ0) is 20.9. The van der Waals surface area contributed by atoms with Crippen LogP contribution in [-0.4, -0.2) is 0 Å². The van der Waals surface area contributed by atoms with E-state index in [1.165, 1.54) is 41.5 Å². The Balaban J connectivity index is 2.60. The molecule has 0 aliphatic heterocycles. The molecule has 3 atom stereocenters. The van der Waals surface area contributed by atoms with Crippen LogP contribution in [0.25, 0.3) is 0 Å². The van der Waals surface area contributed by atoms with Gasteiger partial charge in [0.1, 0.15) is 0 Å². The molecule has 0 aliphatic rings. The summed E-state index contributed by atoms with van der Waals surface area (Å²) in [6.45, 7) is 18.6. The summed E-state index contributed by atoms with van der Waals surface area (Å²) < 4.78 is 0. The second-order valence-electron chi connectivity index (χ2n) is 9.92. The van der Waals surface area contributed by atoms with Gasteiger partial charge < -0.3 is 0 Å². The first kappa shape index (κ1) is 22.7. The molecule has 0 bridgehead atoms. The Labute approximate surface area is 174 Å². The topological polar surface area (TPSA) is 0 Å². The van der Waals surface area contributed by atoms with Gasteiger partial charge in [0.15, 0.2) is 0 Å². The highest BCUT2D eigenvalue weighted by Crippen LogP contribution is 2.43. The Bertz CT molecular complexity index is 731. The number of rotatable bonds is 8. The smallest absolute Gasteiger partial charge is 0.0202 e. The van der Waals surface area contributed by atoms with E-state index in [-0.39, 0.29) is 10.8 Å². The highest BCUT2D eigenvalue weighted by atomic mass is 14.4. The van der Waals surface area contributed by atoms with Crippen LogP contribution in [0.5, 0.6) is 0 Å². The number of benzene rings is 2. The Morgan fingerprint density at radius 2 is 1.36 bits per heavy atom. The van der Waals surface area contributed by atoms with Gasteiger partial charge in [-0.3, -0.25) is 0 Å². The molecule has 0 aliphatic carbocycles. The van der Waals surface area contributed by atoms with Crippen LogP contribution in [0.15, 0.2) is 48.5 Å². The van der Waals surface area contributed by atoms with Gasteiger partial charge in [0, 0.05) is 5.41 Å². The van der Waals surface area contributed by atoms with Crippen molar-refractivity contribution in [2.24, 2.45) is 5.92 Å². The summed E-state index contributed by atoms with van der Waals surface area (Å²) in [5.74, 6) is 1.32. The van der Waals surface area contributed by atoms with Crippen molar-refractivity contribution in [2.75, 3.05) is 0 Å². The highest BCUT2D eigenvalue weighted by Gasteiger charge is 2.34. The third kappa shape index (κ3) is 4.88. The summed E-state index contributed by atoms with van der Waals surface area (Å²) in [6, 6.07) is 19.0. The molecule has 0 aromatic heterocycles. The fraction of sp³-hybridized carbons (Fsp3) is 0.571. The molecule has 3 unspecified atom stereocenters. The van der Waals surface area contributed by atoms with E-state index in [0.717, 1.165) is 6.42 Å². The molecule has 2 aromatic rings. The summed E-state index contributed by atoms with van der Waals surface area (Å²) >= 11 is 0. The molecule has 0 heteroatoms. The molecule has 0 saturated heterocycles. The minimum atomic E-state index is 0.0926. The molecular weight excluding hydrogens is 336 g/mol. The van der Waals surface area contributed by atoms with Gasteiger partial charge in [0.05, 0.1) is 0 Å². The van der Waals surface area contributed by atoms with Crippen LogP contribution >= 0.6 is 0 Å². The highest BCUT2D eigenvalue weighted by molar-refractivity contribution is 5.43. The molecule has 0 nitrogen and oxygen atoms in total. The molecule has 28 heavy (non-hydrogen) atoms. The van der Waals surface area contributed by atoms with Crippen molar-refractivity contribution in [1.82, 2.24) is 0 Å². The fourth-order valence-corrected chi connectivity index (χ4v) is 4.36. The molecule has 0 spiro atoms. The van der Waals surface area contributed by atoms with Gasteiger partial charge in [-0.05, 0) is 58.8 Å². The van der Waals surface area contributed by atoms with Gasteiger partial charge in [0.2, 0.25) is 0 Å². The lowest BCUT2D eigenvalue weighted by molar-refractivity contribution is 0.361. The summed E-state index contributed by atoms with van der Waals surface area (Å²) in [5.41, 5.74) is 6.16. The first-order valence-corrected chi connectivity index (χ1v) is 11.4. The summed E-state index contributed by atoms with van der Waals surface area (Å²) in [5, 5.41) is 0. The van der Waals surface area contributed by atoms with Crippen LogP contribution in [0.1, 0.15) is 109 Å². The van der Waals surface area contributed by atoms with Crippen molar-refractivity contribution < 1.29 is 0 Å². The SMILES string of the molecule is CCC(C)CC(CC)(c1ccc(C(C)(C)C)cc1)c1cccc(C(C)CC)c1. The maximum Gasteiger partial charge on any atom is 0.0202 e. The maximum atomic E-state index is 2.50. The Hall–Kier alpha value is -1.56. The quantitative estimate of drug-likeness (QED) is 0.431. The first-order valence-electron chi connectivity index (χ1n) is 11.4. The van der Waals surface area contributed by atoms with Gasteiger partial charge in [-0.25, -0.2) is 0 Å². The van der Waals surface area contributed by atoms with E-state index in [0.29, 0.717) is 11.8 Å². The molecule has 0 radical (unpaired) electrons. The minimum absolute atomic E-state index is 0.0926. The summed E-state index contributed by atoms with van der Waals surface area (Å²) in [4.78, 5) is 0. The van der Waals surface area contributed by atoms with Crippen molar-refractivity contribution in [3.63, 3.8) is 0 Å². The molecule has 0 N–H and O–H groups in total. The standard InChI is InChI=1S/C28H42/c1-9-21(4)20-28(11-3,25-17-15-24(16-18-25)27(6,7)8)26-14-12-13-23(19-26)22(5)10-2/h12-19,21-22H,9-11,20H2,1-8H3. The van der Waals surface area contributed by atoms with Crippen molar-refractivity contribution in [3.05, 3.63) is 70.8 Å². The van der Waals surface area contributed by atoms with E-state index in [4.69, 9.17) is 0 Å². The Morgan fingerprint density at radius 1 is 0.750 bits per heavy atom. The largest absolute Gasteiger partial charge is 0.0651 e. The first-order chi connectivity index (χ1) is 13.2. The van der Waals surface area contributed by atoms with Gasteiger partial charge in [0.25, 0.3) is 0 Å². The zero-order valence-electron chi connectivity index (χ0n) is 19.6. The second kappa shape index (κ2) is 9.29. The van der Waals surface area contributed by atoms with Crippen LogP contribution in [0.3, 0.4) is 0 Å². The van der Waals surface area contributed by atoms with Gasteiger partial charge in [-0.2, -0.15) is 0 Å². The van der Waals surface area contributed by atoms with Crippen LogP contribution in [0.2, 0.25) is 0 Å². The number of hydrogen-bond acceptors (Lipinski definition) is 0. The number of hydrogen-bond donors (Lipinski definition) is 0. The molecule has 0 saturated carbocycles. The van der Waals surface area contributed by atoms with Crippen LogP contribution in [-0.2, 0) is 10.8 Å². The fourth-order valence-electron chi connectivity index (χ4n) is 4.36. The third-order valence-corrected chi connectivity index (χ3v) is 6.92. The monoisotopic (exact) mass is 378 g/mol. The van der Waals surface area contributed by atoms with E-state index in [1.807, 2.05) is 0 Å². The Kier molecular flexibility index (Phi) is 7.54. The average Bonchev–Trinajstić information content (AvgIpc) is 2.70. The second-order valence-corrected chi connectivity index (χ2v) is 9.92.